The van der Waals surface area contributed by atoms with Gasteiger partial charge in [-0.15, -0.1) is 0 Å². The predicted molar refractivity (Wildman–Crippen MR) is 408 cm³/mol. The van der Waals surface area contributed by atoms with Crippen molar-refractivity contribution < 1.29 is 207 Å². The molecule has 7 aromatic rings. The second kappa shape index (κ2) is 41.4. The number of aliphatic hydroxyl groups excluding tert-OH is 14. The van der Waals surface area contributed by atoms with Crippen molar-refractivity contribution in [3.05, 3.63) is 125 Å². The number of fused-ring (bicyclic) bond motifs is 2. The maximum Gasteiger partial charge on any atom is 0.483 e. The molecule has 6 saturated heterocycles. The number of ether oxygens (including phenoxy) is 6. The van der Waals surface area contributed by atoms with Crippen LogP contribution < -0.4 is 45.2 Å². The Hall–Kier alpha value is -6.36. The van der Waals surface area contributed by atoms with Crippen LogP contribution in [-0.2, 0) is 108 Å². The molecule has 0 saturated carbocycles. The molecule has 29 N–H and O–H groups in total. The Morgan fingerprint density at radius 3 is 0.969 bits per heavy atom. The minimum atomic E-state index is -5.59. The SMILES string of the molecule is Nc1ncnc2c1ncn2[C@@H]1O[C@H](COP(=O)(O)OC[C@H]2O[C@@H](n3ccc(=O)[nH]c3=O)[C@H](O)[C@@H]2O)[C@@H](O)[C@H]1O.Nc1ncnc2c1ncn2[C@@H]1O[C@H](COP(=O)(O)OP(O)(O)=S)[C@@H](O)[C@H]1O.O=c1ccn([C@@H]2O[C@H](COP(=O)(O)OP(=O)(O)O[C@H]3O[C@H](CO)[C@@H](O)[C@H](O)[C@H]3O)[C@@H](O)[C@H]2O)c(=O)[nH]1.O=c1ccn([C@@H]2O[C@H](COP(=O)(O)OP(=O)(O)S)[C@@H](O)[C@H]2O)c(=O)[nH]1. The number of thiol groups is 1. The van der Waals surface area contributed by atoms with Crippen molar-refractivity contribution in [2.24, 2.45) is 0 Å². The van der Waals surface area contributed by atoms with E-state index in [1.54, 1.807) is 0 Å². The Labute approximate surface area is 711 Å². The van der Waals surface area contributed by atoms with Crippen LogP contribution in [0.3, 0.4) is 0 Å². The van der Waals surface area contributed by atoms with Crippen LogP contribution in [0.5, 0.6) is 0 Å². The first-order chi connectivity index (χ1) is 59.0. The molecule has 74 heteroatoms. The van der Waals surface area contributed by atoms with Gasteiger partial charge in [0, 0.05) is 36.8 Å². The highest BCUT2D eigenvalue weighted by molar-refractivity contribution is 8.44. The van der Waals surface area contributed by atoms with E-state index in [0.29, 0.717) is 0 Å². The van der Waals surface area contributed by atoms with E-state index in [1.165, 1.54) is 34.4 Å². The number of aromatic amines is 3. The number of hydrogen-bond acceptors (Lipinski definition) is 50. The number of nitrogens with two attached hydrogens (primary N) is 2. The molecule has 0 bridgehead atoms. The summed E-state index contributed by atoms with van der Waals surface area (Å²) >= 11 is 7.14. The number of nitrogens with zero attached hydrogens (tertiary/aromatic N) is 11. The number of nitrogens with one attached hydrogen (secondary N) is 3. The number of hydrogen-bond donors (Lipinski definition) is 28. The maximum atomic E-state index is 12.4. The topological polar surface area (TPSA) is 990 Å². The van der Waals surface area contributed by atoms with Gasteiger partial charge in [-0.1, -0.05) is 12.2 Å². The standard InChI is InChI=1S/C19H24N7O12P.C15H24N2O17P2.C10H15N5O9P2S.C9H14N2O11P2S/c20-15-10-16(22-5-21-15)26(6-23-10)18-14(31)12(29)8(38-18)4-36-39(33,34)35-3-7-11(28)13(30)17(37-7)25-2-1-9(27)24-19(25)32;18-3-5-8(20)10(22)12(24)14(32-5)33-36(28,29)34-35(26,27)30-4-6-9(21)11(23)13(31-6)17-2-1-7(19)16-15(17)25;11-8-5-9(13-2-12-8)15(3-14-5)10-7(17)6(16)4(23-10)1-22-25(18,19)24-26(20,21)27;12-5-1-2-11(9(15)10-5)8-7(14)6(13)4(21-8)3-20-23(16,17)22-24(18,19)25/h1-2,5-8,11-14,17-18,28-31H,3-4H2,(H,33,34)(H2,20,21,22)(H,24,27,32);1-2,5-6,8-14,18,20-24H,3-4H2,(H,26,27)(H,28,29)(H,16,19,25);2-4,6-7,10,16-17H,1H2,(H,18,19)(H2,11,12,13)(H2,20,21,27);1-2,4,6-8,13-14H,3H2,(H,16,17)(H,10,12,15)(H2,18,19,25)/t7-,8-,11-,12-,13-,14-,17-,18-;5-,6-,8-,9-,10+,11-,12-,13-,14-;4-,6-,7-,10-;4-,6-,7-,8-/m1111/s1. The number of aromatic nitrogens is 14. The lowest BCUT2D eigenvalue weighted by Crippen LogP contribution is -2.58. The van der Waals surface area contributed by atoms with E-state index in [0.717, 1.165) is 50.5 Å². The lowest BCUT2D eigenvalue weighted by molar-refractivity contribution is -0.280. The highest BCUT2D eigenvalue weighted by Gasteiger charge is 2.53. The summed E-state index contributed by atoms with van der Waals surface area (Å²) in [6.45, 7) is -14.0. The third-order valence-electron chi connectivity index (χ3n) is 18.1. The van der Waals surface area contributed by atoms with Gasteiger partial charge in [0.2, 0.25) is 0 Å². The fourth-order valence-corrected chi connectivity index (χ4v) is 19.8. The highest BCUT2D eigenvalue weighted by Crippen LogP contribution is 2.64. The van der Waals surface area contributed by atoms with Gasteiger partial charge in [-0.2, -0.15) is 8.62 Å². The van der Waals surface area contributed by atoms with E-state index in [1.807, 2.05) is 15.0 Å². The van der Waals surface area contributed by atoms with Crippen LogP contribution in [0.1, 0.15) is 31.1 Å². The summed E-state index contributed by atoms with van der Waals surface area (Å²) in [4.78, 5) is 173. The quantitative estimate of drug-likeness (QED) is 0.0153. The first-order valence-corrected chi connectivity index (χ1v) is 47.8. The number of phosphoric ester groups is 5. The van der Waals surface area contributed by atoms with Gasteiger partial charge in [0.25, 0.3) is 16.7 Å². The number of imidazole rings is 2. The number of phosphoric acid groups is 5. The molecule has 0 amide bonds. The highest BCUT2D eigenvalue weighted by atomic mass is 32.7. The Morgan fingerprint density at radius 1 is 0.378 bits per heavy atom. The second-order valence-corrected chi connectivity index (χ2v) is 39.9. The van der Waals surface area contributed by atoms with Crippen LogP contribution in [0.4, 0.5) is 11.6 Å². The summed E-state index contributed by atoms with van der Waals surface area (Å²) in [7, 11) is -25.8. The lowest BCUT2D eigenvalue weighted by atomic mass is 10.00. The van der Waals surface area contributed by atoms with Crippen molar-refractivity contribution in [3.63, 3.8) is 0 Å². The number of aliphatic hydroxyl groups is 14. The average Bonchev–Trinajstić information content (AvgIpc) is 1.65. The van der Waals surface area contributed by atoms with Gasteiger partial charge in [0.05, 0.1) is 52.3 Å². The molecule has 6 unspecified atom stereocenters. The van der Waals surface area contributed by atoms with Gasteiger partial charge in [-0.25, -0.2) is 76.0 Å². The summed E-state index contributed by atoms with van der Waals surface area (Å²) < 4.78 is 147. The molecule has 13 rings (SSSR count). The number of rotatable bonds is 29. The molecule has 65 nitrogen and oxygen atoms in total. The molecule has 6 aliphatic rings. The van der Waals surface area contributed by atoms with Gasteiger partial charge in [-0.05, 0) is 11.8 Å². The van der Waals surface area contributed by atoms with Crippen molar-refractivity contribution in [1.82, 2.24) is 67.7 Å². The van der Waals surface area contributed by atoms with Gasteiger partial charge >= 0.3 is 69.7 Å². The normalized spacial score (nSPS) is 33.1. The lowest BCUT2D eigenvalue weighted by Gasteiger charge is -2.39. The Bertz CT molecular complexity index is 5760. The molecule has 0 spiro atoms. The van der Waals surface area contributed by atoms with Crippen LogP contribution in [0.2, 0.25) is 0 Å². The van der Waals surface area contributed by atoms with Crippen LogP contribution in [0.25, 0.3) is 22.3 Å². The number of nitrogen functional groups attached to an aromatic ring is 2. The summed E-state index contributed by atoms with van der Waals surface area (Å²) in [5.74, 6) is 0.194. The molecule has 710 valence electrons. The molecule has 13 heterocycles. The number of H-pyrrole nitrogens is 3. The zero-order chi connectivity index (χ0) is 94.0. The van der Waals surface area contributed by atoms with Crippen molar-refractivity contribution in [3.8, 4) is 0 Å². The van der Waals surface area contributed by atoms with Gasteiger partial charge in [0.1, 0.15) is 140 Å². The van der Waals surface area contributed by atoms with Gasteiger partial charge in [-0.3, -0.25) is 79.3 Å². The zero-order valence-corrected chi connectivity index (χ0v) is 70.8. The minimum absolute atomic E-state index is 0.0889. The second-order valence-electron chi connectivity index (χ2n) is 26.8. The Kier molecular flexibility index (Phi) is 33.5. The van der Waals surface area contributed by atoms with Crippen LogP contribution in [-0.4, -0.2) is 340 Å². The van der Waals surface area contributed by atoms with E-state index < -0.39 is 279 Å². The summed E-state index contributed by atoms with van der Waals surface area (Å²) in [6, 6.07) is 2.91. The van der Waals surface area contributed by atoms with Crippen LogP contribution in [0.15, 0.2) is 90.9 Å². The van der Waals surface area contributed by atoms with E-state index in [4.69, 9.17) is 68.7 Å². The first-order valence-electron chi connectivity index (χ1n) is 35.0. The molecular weight excluding hydrogens is 1930 g/mol. The molecule has 0 radical (unpaired) electrons. The average molecular weight is 2000 g/mol. The first kappa shape index (κ1) is 103. The maximum absolute atomic E-state index is 12.4. The fourth-order valence-electron chi connectivity index (χ4n) is 12.1. The molecule has 6 fully saturated rings. The van der Waals surface area contributed by atoms with Crippen molar-refractivity contribution >= 4 is 111 Å². The van der Waals surface area contributed by atoms with Crippen molar-refractivity contribution in [1.29, 1.82) is 0 Å². The molecule has 7 aromatic heterocycles. The summed E-state index contributed by atoms with van der Waals surface area (Å²) in [5, 5.41) is 140. The molecular formula is C53H77N16O49P7S2. The third kappa shape index (κ3) is 25.7. The van der Waals surface area contributed by atoms with Crippen molar-refractivity contribution in [2.45, 2.75) is 153 Å². The Morgan fingerprint density at radius 2 is 0.669 bits per heavy atom. The van der Waals surface area contributed by atoms with E-state index in [9.17, 15) is 147 Å². The molecule has 6 aliphatic heterocycles. The smallest absolute Gasteiger partial charge is 0.394 e. The van der Waals surface area contributed by atoms with E-state index in [2.05, 4.69) is 85.0 Å². The minimum Gasteiger partial charge on any atom is -0.394 e. The monoisotopic (exact) mass is 2000 g/mol. The number of anilines is 2. The third-order valence-corrected chi connectivity index (χ3v) is 27.2. The molecule has 0 aliphatic carbocycles. The van der Waals surface area contributed by atoms with Crippen molar-refractivity contribution in [2.75, 3.05) is 51.1 Å². The van der Waals surface area contributed by atoms with E-state index in [-0.39, 0.29) is 34.0 Å². The van der Waals surface area contributed by atoms with E-state index >= 15 is 0 Å². The Balaban J connectivity index is 0.000000179. The molecule has 31 atom stereocenters. The predicted octanol–water partition coefficient (Wildman–Crippen LogP) is -11.8. The molecule has 127 heavy (non-hydrogen) atoms. The van der Waals surface area contributed by atoms with Gasteiger partial charge < -0.3 is 151 Å². The van der Waals surface area contributed by atoms with Crippen LogP contribution in [0, 0.1) is 0 Å². The summed E-state index contributed by atoms with van der Waals surface area (Å²) in [6.07, 6.45) is -31.4. The van der Waals surface area contributed by atoms with Crippen LogP contribution >= 0.6 is 64.9 Å². The summed E-state index contributed by atoms with van der Waals surface area (Å²) in [5.41, 5.74) is 7.44. The fraction of sp³-hybridized carbons (Fsp3) is 0.585. The largest absolute Gasteiger partial charge is 0.483 e. The molecule has 0 aromatic carbocycles. The van der Waals surface area contributed by atoms with Gasteiger partial charge in [0.15, 0.2) is 60.4 Å². The zero-order valence-electron chi connectivity index (χ0n) is 62.9.